The zero-order valence-corrected chi connectivity index (χ0v) is 15.4. The lowest BCUT2D eigenvalue weighted by Gasteiger charge is -2.26. The molecule has 2 heterocycles. The molecule has 27 heavy (non-hydrogen) atoms. The van der Waals surface area contributed by atoms with Gasteiger partial charge in [0.2, 0.25) is 10.0 Å². The number of sulfonamides is 1. The molecule has 1 atom stereocenters. The summed E-state index contributed by atoms with van der Waals surface area (Å²) < 4.78 is 42.6. The van der Waals surface area contributed by atoms with Crippen LogP contribution in [0.4, 0.5) is 4.39 Å². The molecule has 1 unspecified atom stereocenters. The predicted molar refractivity (Wildman–Crippen MR) is 101 cm³/mol. The lowest BCUT2D eigenvalue weighted by Crippen LogP contribution is -2.33. The molecule has 1 aliphatic rings. The molecule has 5 nitrogen and oxygen atoms in total. The van der Waals surface area contributed by atoms with Gasteiger partial charge in [-0.15, -0.1) is 0 Å². The van der Waals surface area contributed by atoms with Gasteiger partial charge in [-0.05, 0) is 49.1 Å². The predicted octanol–water partition coefficient (Wildman–Crippen LogP) is 3.13. The van der Waals surface area contributed by atoms with Gasteiger partial charge in [0.1, 0.15) is 5.82 Å². The summed E-state index contributed by atoms with van der Waals surface area (Å²) in [4.78, 5) is 11.6. The first-order chi connectivity index (χ1) is 13.0. The number of hydrogen-bond donors (Lipinski definition) is 1. The molecule has 0 amide bonds. The van der Waals surface area contributed by atoms with Gasteiger partial charge in [0.15, 0.2) is 6.29 Å². The first-order valence-corrected chi connectivity index (χ1v) is 10.3. The average molecular weight is 386 g/mol. The van der Waals surface area contributed by atoms with Crippen LogP contribution in [0, 0.1) is 11.7 Å². The van der Waals surface area contributed by atoms with E-state index in [1.807, 2.05) is 24.3 Å². The highest BCUT2D eigenvalue weighted by atomic mass is 32.2. The summed E-state index contributed by atoms with van der Waals surface area (Å²) >= 11 is 0. The van der Waals surface area contributed by atoms with Gasteiger partial charge >= 0.3 is 0 Å². The van der Waals surface area contributed by atoms with Crippen LogP contribution < -0.4 is 4.72 Å². The number of nitrogens with zero attached hydrogens (tertiary/aromatic N) is 1. The first-order valence-electron chi connectivity index (χ1n) is 8.80. The zero-order valence-electron chi connectivity index (χ0n) is 14.6. The molecule has 140 valence electrons. The van der Waals surface area contributed by atoms with Gasteiger partial charge in [0, 0.05) is 35.2 Å². The smallest absolute Gasteiger partial charge is 0.240 e. The summed E-state index contributed by atoms with van der Waals surface area (Å²) in [6, 6.07) is 12.6. The molecule has 0 radical (unpaired) electrons. The highest BCUT2D eigenvalue weighted by Gasteiger charge is 2.25. The van der Waals surface area contributed by atoms with Crippen molar-refractivity contribution in [2.75, 3.05) is 6.54 Å². The minimum Gasteiger partial charge on any atom is -0.344 e. The van der Waals surface area contributed by atoms with Crippen molar-refractivity contribution in [3.63, 3.8) is 0 Å². The van der Waals surface area contributed by atoms with Crippen molar-refractivity contribution < 1.29 is 17.6 Å². The van der Waals surface area contributed by atoms with Gasteiger partial charge < -0.3 is 4.57 Å². The van der Waals surface area contributed by atoms with Gasteiger partial charge in [-0.25, -0.2) is 17.5 Å². The molecule has 1 aromatic heterocycles. The Morgan fingerprint density at radius 2 is 1.89 bits per heavy atom. The van der Waals surface area contributed by atoms with Crippen LogP contribution in [0.25, 0.3) is 10.9 Å². The van der Waals surface area contributed by atoms with Crippen molar-refractivity contribution in [3.8, 4) is 0 Å². The largest absolute Gasteiger partial charge is 0.344 e. The quantitative estimate of drug-likeness (QED) is 0.685. The third kappa shape index (κ3) is 3.28. The highest BCUT2D eigenvalue weighted by Crippen LogP contribution is 2.31. The normalized spacial score (nSPS) is 17.0. The van der Waals surface area contributed by atoms with E-state index in [1.165, 1.54) is 12.1 Å². The zero-order chi connectivity index (χ0) is 19.0. The van der Waals surface area contributed by atoms with E-state index < -0.39 is 15.8 Å². The van der Waals surface area contributed by atoms with Crippen LogP contribution in [0.2, 0.25) is 0 Å². The lowest BCUT2D eigenvalue weighted by molar-refractivity contribution is 0.112. The van der Waals surface area contributed by atoms with Gasteiger partial charge in [-0.2, -0.15) is 0 Å². The van der Waals surface area contributed by atoms with Crippen LogP contribution in [0.5, 0.6) is 0 Å². The Morgan fingerprint density at radius 1 is 1.15 bits per heavy atom. The fourth-order valence-corrected chi connectivity index (χ4v) is 4.89. The molecular weight excluding hydrogens is 367 g/mol. The van der Waals surface area contributed by atoms with E-state index in [4.69, 9.17) is 0 Å². The van der Waals surface area contributed by atoms with E-state index in [0.717, 1.165) is 53.4 Å². The number of benzene rings is 2. The van der Waals surface area contributed by atoms with Crippen molar-refractivity contribution in [2.24, 2.45) is 5.92 Å². The molecule has 0 aliphatic carbocycles. The number of hydrogen-bond acceptors (Lipinski definition) is 3. The van der Waals surface area contributed by atoms with E-state index in [-0.39, 0.29) is 10.8 Å². The maximum absolute atomic E-state index is 13.0. The van der Waals surface area contributed by atoms with E-state index >= 15 is 0 Å². The molecule has 0 fully saturated rings. The number of para-hydroxylation sites is 1. The van der Waals surface area contributed by atoms with Gasteiger partial charge in [-0.3, -0.25) is 4.79 Å². The molecule has 2 aromatic carbocycles. The van der Waals surface area contributed by atoms with Gasteiger partial charge in [0.25, 0.3) is 0 Å². The Morgan fingerprint density at radius 3 is 2.63 bits per heavy atom. The Hall–Kier alpha value is -2.51. The molecule has 0 saturated heterocycles. The SMILES string of the molecule is O=Cc1c2n(c3ccccc13)CC(CNS(=O)(=O)c1ccc(F)cc1)CC2. The fraction of sp³-hybridized carbons (Fsp3) is 0.250. The monoisotopic (exact) mass is 386 g/mol. The first kappa shape index (κ1) is 17.9. The van der Waals surface area contributed by atoms with Crippen LogP contribution in [-0.4, -0.2) is 25.8 Å². The van der Waals surface area contributed by atoms with Crippen LogP contribution in [-0.2, 0) is 23.0 Å². The van der Waals surface area contributed by atoms with E-state index in [1.54, 1.807) is 0 Å². The maximum Gasteiger partial charge on any atom is 0.240 e. The van der Waals surface area contributed by atoms with Crippen LogP contribution in [0.1, 0.15) is 22.5 Å². The third-order valence-electron chi connectivity index (χ3n) is 5.16. The molecule has 0 saturated carbocycles. The molecule has 1 aliphatic heterocycles. The summed E-state index contributed by atoms with van der Waals surface area (Å²) in [5, 5.41) is 0.940. The number of rotatable bonds is 5. The van der Waals surface area contributed by atoms with Gasteiger partial charge in [0.05, 0.1) is 4.90 Å². The number of carbonyl (C=O) groups is 1. The molecule has 0 spiro atoms. The minimum atomic E-state index is -3.68. The average Bonchev–Trinajstić information content (AvgIpc) is 3.00. The number of carbonyl (C=O) groups excluding carboxylic acids is 1. The number of aromatic nitrogens is 1. The van der Waals surface area contributed by atoms with Crippen molar-refractivity contribution in [1.82, 2.24) is 9.29 Å². The highest BCUT2D eigenvalue weighted by molar-refractivity contribution is 7.89. The van der Waals surface area contributed by atoms with Gasteiger partial charge in [-0.1, -0.05) is 18.2 Å². The summed E-state index contributed by atoms with van der Waals surface area (Å²) in [7, 11) is -3.68. The Balaban J connectivity index is 1.54. The number of fused-ring (bicyclic) bond motifs is 3. The molecule has 0 bridgehead atoms. The molecule has 3 aromatic rings. The van der Waals surface area contributed by atoms with Crippen molar-refractivity contribution in [2.45, 2.75) is 24.3 Å². The second-order valence-corrected chi connectivity index (χ2v) is 8.58. The van der Waals surface area contributed by atoms with Crippen molar-refractivity contribution in [1.29, 1.82) is 0 Å². The van der Waals surface area contributed by atoms with Crippen LogP contribution in [0.15, 0.2) is 53.4 Å². The van der Waals surface area contributed by atoms with E-state index in [0.29, 0.717) is 13.1 Å². The van der Waals surface area contributed by atoms with Crippen molar-refractivity contribution in [3.05, 3.63) is 65.6 Å². The van der Waals surface area contributed by atoms with Crippen LogP contribution >= 0.6 is 0 Å². The molecule has 4 rings (SSSR count). The summed E-state index contributed by atoms with van der Waals surface area (Å²) in [5.41, 5.74) is 2.75. The summed E-state index contributed by atoms with van der Waals surface area (Å²) in [6.45, 7) is 0.942. The minimum absolute atomic E-state index is 0.0510. The van der Waals surface area contributed by atoms with Crippen LogP contribution in [0.3, 0.4) is 0 Å². The number of nitrogens with one attached hydrogen (secondary N) is 1. The number of aldehydes is 1. The molecule has 1 N–H and O–H groups in total. The second-order valence-electron chi connectivity index (χ2n) is 6.82. The van der Waals surface area contributed by atoms with E-state index in [2.05, 4.69) is 9.29 Å². The summed E-state index contributed by atoms with van der Waals surface area (Å²) in [5.74, 6) is -0.359. The lowest BCUT2D eigenvalue weighted by atomic mass is 9.97. The fourth-order valence-electron chi connectivity index (χ4n) is 3.77. The maximum atomic E-state index is 13.0. The van der Waals surface area contributed by atoms with E-state index in [9.17, 15) is 17.6 Å². The Bertz CT molecular complexity index is 1100. The molecular formula is C20H19FN2O3S. The number of halogens is 1. The molecule has 7 heteroatoms. The standard InChI is InChI=1S/C20H19FN2O3S/c21-15-6-8-16(9-7-15)27(25,26)22-11-14-5-10-20-18(13-24)17-3-1-2-4-19(17)23(20)12-14/h1-4,6-9,13-14,22H,5,10-12H2. The Labute approximate surface area is 156 Å². The third-order valence-corrected chi connectivity index (χ3v) is 6.60. The topological polar surface area (TPSA) is 68.2 Å². The summed E-state index contributed by atoms with van der Waals surface area (Å²) in [6.07, 6.45) is 2.43. The second kappa shape index (κ2) is 6.90. The Kier molecular flexibility index (Phi) is 4.57. The van der Waals surface area contributed by atoms with Crippen molar-refractivity contribution >= 4 is 27.2 Å².